The van der Waals surface area contributed by atoms with E-state index < -0.39 is 15.8 Å². The van der Waals surface area contributed by atoms with Crippen LogP contribution in [0.2, 0.25) is 0 Å². The second kappa shape index (κ2) is 7.35. The summed E-state index contributed by atoms with van der Waals surface area (Å²) in [6, 6.07) is 2.18. The maximum Gasteiger partial charge on any atom is 0.244 e. The van der Waals surface area contributed by atoms with Gasteiger partial charge in [0.1, 0.15) is 5.82 Å². The highest BCUT2D eigenvalue weighted by molar-refractivity contribution is 9.10. The fraction of sp³-hybridized carbons (Fsp3) is 0.500. The summed E-state index contributed by atoms with van der Waals surface area (Å²) in [6.07, 6.45) is 0. The fourth-order valence-corrected chi connectivity index (χ4v) is 4.08. The van der Waals surface area contributed by atoms with Crippen molar-refractivity contribution in [3.63, 3.8) is 0 Å². The van der Waals surface area contributed by atoms with Crippen LogP contribution in [-0.2, 0) is 14.8 Å². The molecule has 0 bridgehead atoms. The summed E-state index contributed by atoms with van der Waals surface area (Å²) in [5, 5.41) is 0. The molecule has 0 saturated carbocycles. The van der Waals surface area contributed by atoms with Gasteiger partial charge < -0.3 is 10.5 Å². The Morgan fingerprint density at radius 2 is 2.05 bits per heavy atom. The van der Waals surface area contributed by atoms with Crippen molar-refractivity contribution in [2.45, 2.75) is 18.7 Å². The van der Waals surface area contributed by atoms with Gasteiger partial charge in [0.15, 0.2) is 0 Å². The maximum atomic E-state index is 13.3. The number of halogens is 2. The van der Waals surface area contributed by atoms with E-state index >= 15 is 0 Å². The Bertz CT molecular complexity index is 566. The van der Waals surface area contributed by atoms with Gasteiger partial charge in [-0.15, -0.1) is 0 Å². The second-order valence-electron chi connectivity index (χ2n) is 4.00. The average Bonchev–Trinajstić information content (AvgIpc) is 2.38. The first kappa shape index (κ1) is 17.4. The first-order valence-corrected chi connectivity index (χ1v) is 8.40. The Morgan fingerprint density at radius 1 is 1.40 bits per heavy atom. The van der Waals surface area contributed by atoms with Gasteiger partial charge in [-0.1, -0.05) is 6.92 Å². The smallest absolute Gasteiger partial charge is 0.244 e. The minimum Gasteiger partial charge on any atom is -0.396 e. The van der Waals surface area contributed by atoms with Crippen LogP contribution in [0.3, 0.4) is 0 Å². The van der Waals surface area contributed by atoms with Crippen molar-refractivity contribution in [3.8, 4) is 0 Å². The minimum atomic E-state index is -3.74. The molecule has 2 N–H and O–H groups in total. The third-order valence-electron chi connectivity index (χ3n) is 2.71. The molecule has 0 atom stereocenters. The van der Waals surface area contributed by atoms with Crippen LogP contribution in [0.5, 0.6) is 0 Å². The summed E-state index contributed by atoms with van der Waals surface area (Å²) in [7, 11) is -3.74. The summed E-state index contributed by atoms with van der Waals surface area (Å²) in [5.74, 6) is -0.659. The Balaban J connectivity index is 3.11. The third kappa shape index (κ3) is 3.91. The monoisotopic (exact) mass is 368 g/mol. The SMILES string of the molecule is CCOCCN(CC)S(=O)(=O)c1cc(N)c(F)cc1Br. The topological polar surface area (TPSA) is 72.6 Å². The van der Waals surface area contributed by atoms with Gasteiger partial charge in [0.25, 0.3) is 0 Å². The van der Waals surface area contributed by atoms with E-state index in [4.69, 9.17) is 10.5 Å². The van der Waals surface area contributed by atoms with Crippen LogP contribution < -0.4 is 5.73 Å². The predicted molar refractivity (Wildman–Crippen MR) is 79.4 cm³/mol. The van der Waals surface area contributed by atoms with E-state index in [-0.39, 0.29) is 21.6 Å². The lowest BCUT2D eigenvalue weighted by molar-refractivity contribution is 0.135. The molecule has 0 aliphatic heterocycles. The summed E-state index contributed by atoms with van der Waals surface area (Å²) in [6.45, 7) is 4.91. The van der Waals surface area contributed by atoms with Gasteiger partial charge in [-0.3, -0.25) is 0 Å². The molecule has 0 heterocycles. The van der Waals surface area contributed by atoms with Gasteiger partial charge in [0.05, 0.1) is 17.2 Å². The Hall–Kier alpha value is -0.700. The number of hydrogen-bond acceptors (Lipinski definition) is 4. The molecule has 1 aromatic rings. The van der Waals surface area contributed by atoms with Crippen molar-refractivity contribution in [2.75, 3.05) is 32.0 Å². The van der Waals surface area contributed by atoms with E-state index in [0.29, 0.717) is 19.8 Å². The molecule has 5 nitrogen and oxygen atoms in total. The molecule has 0 amide bonds. The molecule has 0 aliphatic rings. The van der Waals surface area contributed by atoms with Gasteiger partial charge in [0, 0.05) is 24.2 Å². The quantitative estimate of drug-likeness (QED) is 0.591. The Labute approximate surface area is 127 Å². The summed E-state index contributed by atoms with van der Waals surface area (Å²) in [4.78, 5) is -0.0465. The molecule has 0 unspecified atom stereocenters. The van der Waals surface area contributed by atoms with Gasteiger partial charge in [-0.25, -0.2) is 12.8 Å². The standard InChI is InChI=1S/C12H18BrFN2O3S/c1-3-16(5-6-19-4-2)20(17,18)12-8-11(15)10(14)7-9(12)13/h7-8H,3-6,15H2,1-2H3. The zero-order valence-corrected chi connectivity index (χ0v) is 13.8. The molecule has 0 radical (unpaired) electrons. The van der Waals surface area contributed by atoms with Crippen LogP contribution in [0.25, 0.3) is 0 Å². The minimum absolute atomic E-state index is 0.0465. The zero-order chi connectivity index (χ0) is 15.3. The number of ether oxygens (including phenoxy) is 1. The molecule has 114 valence electrons. The van der Waals surface area contributed by atoms with Crippen molar-refractivity contribution in [2.24, 2.45) is 0 Å². The van der Waals surface area contributed by atoms with E-state index in [0.717, 1.165) is 12.1 Å². The number of likely N-dealkylation sites (N-methyl/N-ethyl adjacent to an activating group) is 1. The van der Waals surface area contributed by atoms with E-state index in [1.54, 1.807) is 6.92 Å². The summed E-state index contributed by atoms with van der Waals surface area (Å²) >= 11 is 3.06. The van der Waals surface area contributed by atoms with Crippen molar-refractivity contribution in [3.05, 3.63) is 22.4 Å². The molecule has 0 aliphatic carbocycles. The highest BCUT2D eigenvalue weighted by Crippen LogP contribution is 2.29. The predicted octanol–water partition coefficient (Wildman–Crippen LogP) is 2.22. The highest BCUT2D eigenvalue weighted by Gasteiger charge is 2.26. The number of benzene rings is 1. The van der Waals surface area contributed by atoms with E-state index in [1.165, 1.54) is 4.31 Å². The lowest BCUT2D eigenvalue weighted by Gasteiger charge is -2.21. The van der Waals surface area contributed by atoms with Crippen LogP contribution in [0.1, 0.15) is 13.8 Å². The number of nitrogen functional groups attached to an aromatic ring is 1. The van der Waals surface area contributed by atoms with Crippen molar-refractivity contribution >= 4 is 31.6 Å². The molecule has 1 rings (SSSR count). The van der Waals surface area contributed by atoms with Gasteiger partial charge >= 0.3 is 0 Å². The lowest BCUT2D eigenvalue weighted by atomic mass is 10.3. The third-order valence-corrected chi connectivity index (χ3v) is 5.64. The van der Waals surface area contributed by atoms with Crippen molar-refractivity contribution < 1.29 is 17.5 Å². The Kier molecular flexibility index (Phi) is 6.38. The second-order valence-corrected chi connectivity index (χ2v) is 6.76. The maximum absolute atomic E-state index is 13.3. The molecule has 1 aromatic carbocycles. The van der Waals surface area contributed by atoms with Crippen LogP contribution in [0.4, 0.5) is 10.1 Å². The fourth-order valence-electron chi connectivity index (χ4n) is 1.64. The number of anilines is 1. The molecule has 0 spiro atoms. The highest BCUT2D eigenvalue weighted by atomic mass is 79.9. The van der Waals surface area contributed by atoms with Crippen molar-refractivity contribution in [1.29, 1.82) is 0 Å². The number of rotatable bonds is 7. The number of sulfonamides is 1. The summed E-state index contributed by atoms with van der Waals surface area (Å²) < 4.78 is 44.9. The average molecular weight is 369 g/mol. The summed E-state index contributed by atoms with van der Waals surface area (Å²) in [5.41, 5.74) is 5.24. The van der Waals surface area contributed by atoms with Crippen LogP contribution in [0, 0.1) is 5.82 Å². The van der Waals surface area contributed by atoms with Gasteiger partial charge in [-0.2, -0.15) is 4.31 Å². The van der Waals surface area contributed by atoms with Gasteiger partial charge in [-0.05, 0) is 35.0 Å². The van der Waals surface area contributed by atoms with Gasteiger partial charge in [0.2, 0.25) is 10.0 Å². The molecular formula is C12H18BrFN2O3S. The number of hydrogen-bond donors (Lipinski definition) is 1. The van der Waals surface area contributed by atoms with E-state index in [1.807, 2.05) is 6.92 Å². The van der Waals surface area contributed by atoms with E-state index in [2.05, 4.69) is 15.9 Å². The largest absolute Gasteiger partial charge is 0.396 e. The molecule has 0 saturated heterocycles. The van der Waals surface area contributed by atoms with Crippen LogP contribution in [0.15, 0.2) is 21.5 Å². The lowest BCUT2D eigenvalue weighted by Crippen LogP contribution is -2.34. The zero-order valence-electron chi connectivity index (χ0n) is 11.4. The molecule has 8 heteroatoms. The van der Waals surface area contributed by atoms with E-state index in [9.17, 15) is 12.8 Å². The molecule has 0 aromatic heterocycles. The van der Waals surface area contributed by atoms with Crippen LogP contribution >= 0.6 is 15.9 Å². The molecule has 0 fully saturated rings. The first-order chi connectivity index (χ1) is 9.34. The number of nitrogens with zero attached hydrogens (tertiary/aromatic N) is 1. The Morgan fingerprint density at radius 3 is 2.60 bits per heavy atom. The molecular weight excluding hydrogens is 351 g/mol. The van der Waals surface area contributed by atoms with Crippen LogP contribution in [-0.4, -0.2) is 39.0 Å². The normalized spacial score (nSPS) is 12.1. The number of nitrogens with two attached hydrogens (primary N) is 1. The first-order valence-electron chi connectivity index (χ1n) is 6.17. The van der Waals surface area contributed by atoms with Crippen molar-refractivity contribution in [1.82, 2.24) is 4.31 Å². The molecule has 20 heavy (non-hydrogen) atoms.